The van der Waals surface area contributed by atoms with Crippen molar-refractivity contribution in [1.29, 1.82) is 0 Å². The summed E-state index contributed by atoms with van der Waals surface area (Å²) in [6.45, 7) is 0. The summed E-state index contributed by atoms with van der Waals surface area (Å²) in [6.07, 6.45) is 0. The zero-order valence-electron chi connectivity index (χ0n) is 29.4. The summed E-state index contributed by atoms with van der Waals surface area (Å²) in [5.41, 5.74) is 11.3. The topological polar surface area (TPSA) is 48.3 Å². The van der Waals surface area contributed by atoms with E-state index in [0.29, 0.717) is 11.4 Å². The van der Waals surface area contributed by atoms with Crippen molar-refractivity contribution in [1.82, 2.24) is 18.9 Å². The lowest BCUT2D eigenvalue weighted by atomic mass is 10.0. The van der Waals surface area contributed by atoms with Gasteiger partial charge in [-0.3, -0.25) is 4.57 Å². The van der Waals surface area contributed by atoms with E-state index in [1.165, 1.54) is 65.2 Å². The largest absolute Gasteiger partial charge is 0.450 e. The number of fused-ring (bicyclic) bond motifs is 14. The fourth-order valence-corrected chi connectivity index (χ4v) is 9.23. The van der Waals surface area contributed by atoms with E-state index in [9.17, 15) is 0 Å². The van der Waals surface area contributed by atoms with Crippen LogP contribution in [-0.4, -0.2) is 18.9 Å². The third-order valence-corrected chi connectivity index (χ3v) is 11.6. The normalized spacial score (nSPS) is 12.4. The van der Waals surface area contributed by atoms with Crippen LogP contribution in [0, 0.1) is 0 Å². The number of aromatic nitrogens is 4. The summed E-state index contributed by atoms with van der Waals surface area (Å²) in [5.74, 6) is 1.37. The van der Waals surface area contributed by atoms with Crippen LogP contribution in [0.15, 0.2) is 174 Å². The number of rotatable bonds is 3. The van der Waals surface area contributed by atoms with Gasteiger partial charge in [-0.15, -0.1) is 0 Å². The van der Waals surface area contributed by atoms with E-state index in [1.54, 1.807) is 0 Å². The number of hydrogen-bond acceptors (Lipinski definition) is 3. The van der Waals surface area contributed by atoms with Gasteiger partial charge in [0.25, 0.3) is 0 Å². The van der Waals surface area contributed by atoms with Crippen LogP contribution in [-0.2, 0) is 0 Å². The van der Waals surface area contributed by atoms with Crippen LogP contribution in [0.5, 0.6) is 0 Å². The van der Waals surface area contributed by atoms with E-state index in [1.807, 2.05) is 24.3 Å². The van der Waals surface area contributed by atoms with Gasteiger partial charge in [-0.2, -0.15) is 0 Å². The maximum atomic E-state index is 6.78. The fourth-order valence-electron chi connectivity index (χ4n) is 9.23. The smallest absolute Gasteiger partial charge is 0.197 e. The van der Waals surface area contributed by atoms with E-state index in [-0.39, 0.29) is 0 Å². The Balaban J connectivity index is 1.22. The Morgan fingerprint density at radius 1 is 0.418 bits per heavy atom. The van der Waals surface area contributed by atoms with Gasteiger partial charge in [0.15, 0.2) is 17.2 Å². The molecule has 5 nitrogen and oxygen atoms in total. The quantitative estimate of drug-likeness (QED) is 0.184. The molecule has 0 atom stereocenters. The number of benzene rings is 8. The van der Waals surface area contributed by atoms with Crippen LogP contribution < -0.4 is 0 Å². The summed E-state index contributed by atoms with van der Waals surface area (Å²) in [4.78, 5) is 10.7. The first-order valence-corrected chi connectivity index (χ1v) is 18.7. The van der Waals surface area contributed by atoms with Crippen LogP contribution in [0.3, 0.4) is 0 Å². The molecular formula is C50H28N4O. The number of nitrogens with zero attached hydrogens (tertiary/aromatic N) is 4. The van der Waals surface area contributed by atoms with Gasteiger partial charge in [0.05, 0.1) is 27.6 Å². The van der Waals surface area contributed by atoms with Crippen molar-refractivity contribution < 1.29 is 4.42 Å². The zero-order valence-corrected chi connectivity index (χ0v) is 29.4. The molecular weight excluding hydrogens is 673 g/mol. The highest BCUT2D eigenvalue weighted by atomic mass is 16.3. The van der Waals surface area contributed by atoms with Crippen LogP contribution >= 0.6 is 0 Å². The molecule has 254 valence electrons. The number of furan rings is 1. The number of para-hydroxylation sites is 3. The van der Waals surface area contributed by atoms with Gasteiger partial charge in [-0.05, 0) is 64.4 Å². The van der Waals surface area contributed by atoms with Crippen molar-refractivity contribution in [3.8, 4) is 28.3 Å². The predicted molar refractivity (Wildman–Crippen MR) is 227 cm³/mol. The molecule has 0 saturated heterocycles. The minimum absolute atomic E-state index is 0.650. The molecule has 0 aliphatic carbocycles. The molecule has 5 aromatic heterocycles. The Morgan fingerprint density at radius 2 is 1.05 bits per heavy atom. The molecule has 0 aliphatic heterocycles. The Kier molecular flexibility index (Phi) is 5.57. The second kappa shape index (κ2) is 10.6. The average Bonchev–Trinajstić information content (AvgIpc) is 3.98. The highest BCUT2D eigenvalue weighted by Gasteiger charge is 2.27. The molecule has 0 spiro atoms. The third-order valence-electron chi connectivity index (χ3n) is 11.6. The van der Waals surface area contributed by atoms with Crippen molar-refractivity contribution in [2.24, 2.45) is 0 Å². The highest BCUT2D eigenvalue weighted by Crippen LogP contribution is 2.48. The summed E-state index contributed by atoms with van der Waals surface area (Å²) >= 11 is 0. The van der Waals surface area contributed by atoms with Gasteiger partial charge in [0.2, 0.25) is 0 Å². The Hall–Kier alpha value is -7.50. The van der Waals surface area contributed by atoms with Gasteiger partial charge in [-0.1, -0.05) is 127 Å². The molecule has 5 heterocycles. The minimum atomic E-state index is 0.650. The average molecular weight is 701 g/mol. The van der Waals surface area contributed by atoms with Gasteiger partial charge in [0.1, 0.15) is 11.1 Å². The van der Waals surface area contributed by atoms with Crippen LogP contribution in [0.25, 0.3) is 121 Å². The van der Waals surface area contributed by atoms with Crippen LogP contribution in [0.4, 0.5) is 0 Å². The zero-order chi connectivity index (χ0) is 35.8. The Bertz CT molecular complexity index is 3700. The molecule has 0 aliphatic rings. The molecule has 0 bridgehead atoms. The monoisotopic (exact) mass is 700 g/mol. The summed E-state index contributed by atoms with van der Waals surface area (Å²) in [6, 6.07) is 60.5. The van der Waals surface area contributed by atoms with E-state index in [2.05, 4.69) is 155 Å². The molecule has 0 unspecified atom stereocenters. The van der Waals surface area contributed by atoms with Crippen molar-refractivity contribution in [3.63, 3.8) is 0 Å². The summed E-state index contributed by atoms with van der Waals surface area (Å²) < 4.78 is 11.6. The van der Waals surface area contributed by atoms with E-state index < -0.39 is 0 Å². The number of hydrogen-bond donors (Lipinski definition) is 0. The van der Waals surface area contributed by atoms with Crippen molar-refractivity contribution >= 4 is 92.7 Å². The third kappa shape index (κ3) is 3.86. The Morgan fingerprint density at radius 3 is 1.87 bits per heavy atom. The van der Waals surface area contributed by atoms with Crippen molar-refractivity contribution in [2.45, 2.75) is 0 Å². The molecule has 0 radical (unpaired) electrons. The minimum Gasteiger partial charge on any atom is -0.450 e. The van der Waals surface area contributed by atoms with Gasteiger partial charge in [-0.25, -0.2) is 9.97 Å². The maximum absolute atomic E-state index is 6.78. The first-order valence-electron chi connectivity index (χ1n) is 18.7. The molecule has 0 saturated carbocycles. The van der Waals surface area contributed by atoms with Gasteiger partial charge < -0.3 is 8.82 Å². The van der Waals surface area contributed by atoms with Crippen LogP contribution in [0.2, 0.25) is 0 Å². The van der Waals surface area contributed by atoms with Gasteiger partial charge >= 0.3 is 0 Å². The predicted octanol–water partition coefficient (Wildman–Crippen LogP) is 13.1. The second-order valence-electron chi connectivity index (χ2n) is 14.6. The van der Waals surface area contributed by atoms with E-state index in [0.717, 1.165) is 44.5 Å². The highest BCUT2D eigenvalue weighted by molar-refractivity contribution is 6.36. The molecule has 8 aromatic carbocycles. The lowest BCUT2D eigenvalue weighted by Gasteiger charge is -2.11. The fraction of sp³-hybridized carbons (Fsp3) is 0. The Labute approximate surface area is 313 Å². The molecule has 13 rings (SSSR count). The molecule has 0 fully saturated rings. The van der Waals surface area contributed by atoms with Crippen molar-refractivity contribution in [2.75, 3.05) is 0 Å². The molecule has 0 amide bonds. The first kappa shape index (κ1) is 29.0. The standard InChI is InChI=1S/C50H28N4O/c1-2-12-29(13-3-1)30-22-24-31(25-23-30)49-51-46-36-18-8-11-21-43(36)55-48(46)50(52-49)54-41-27-33-15-5-4-14-32(33)26-38(41)44-42(54)28-37-34-16-6-9-19-39(34)53-40-20-10-7-17-35(40)45(44)47(37)53/h1-28H. The molecule has 5 heteroatoms. The van der Waals surface area contributed by atoms with Crippen molar-refractivity contribution in [3.05, 3.63) is 170 Å². The SMILES string of the molecule is c1ccc(-c2ccc(-c3nc(-n4c5cc6ccccc6cc5c5c6c7ccccc7n7c8ccccc8c(cc54)c67)c4oc5ccccc5c4n3)cc2)cc1. The molecule has 55 heavy (non-hydrogen) atoms. The summed E-state index contributed by atoms with van der Waals surface area (Å²) in [7, 11) is 0. The van der Waals surface area contributed by atoms with Gasteiger partial charge in [0, 0.05) is 43.3 Å². The van der Waals surface area contributed by atoms with E-state index in [4.69, 9.17) is 14.4 Å². The maximum Gasteiger partial charge on any atom is 0.197 e. The van der Waals surface area contributed by atoms with E-state index >= 15 is 0 Å². The second-order valence-corrected chi connectivity index (χ2v) is 14.6. The lowest BCUT2D eigenvalue weighted by Crippen LogP contribution is -2.02. The first-order chi connectivity index (χ1) is 27.3. The molecule has 13 aromatic rings. The lowest BCUT2D eigenvalue weighted by molar-refractivity contribution is 0.662. The van der Waals surface area contributed by atoms with Crippen LogP contribution in [0.1, 0.15) is 0 Å². The summed E-state index contributed by atoms with van der Waals surface area (Å²) in [5, 5.41) is 10.7. The molecule has 0 N–H and O–H groups in total.